The normalized spacial score (nSPS) is 11.7. The van der Waals surface area contributed by atoms with Crippen LogP contribution >= 0.6 is 0 Å². The van der Waals surface area contributed by atoms with Crippen LogP contribution in [-0.4, -0.2) is 20.2 Å². The van der Waals surface area contributed by atoms with Crippen molar-refractivity contribution in [3.8, 4) is 11.3 Å². The predicted octanol–water partition coefficient (Wildman–Crippen LogP) is 2.16. The van der Waals surface area contributed by atoms with Gasteiger partial charge in [0.15, 0.2) is 0 Å². The molecule has 0 aliphatic carbocycles. The van der Waals surface area contributed by atoms with Crippen LogP contribution in [0.1, 0.15) is 26.3 Å². The summed E-state index contributed by atoms with van der Waals surface area (Å²) in [6, 6.07) is 0. The van der Waals surface area contributed by atoms with Crippen LogP contribution in [0.3, 0.4) is 0 Å². The van der Waals surface area contributed by atoms with Gasteiger partial charge >= 0.3 is 0 Å². The van der Waals surface area contributed by atoms with Crippen molar-refractivity contribution in [2.75, 3.05) is 0 Å². The summed E-state index contributed by atoms with van der Waals surface area (Å²) in [5.74, 6) is 0. The van der Waals surface area contributed by atoms with E-state index in [1.54, 1.807) is 12.5 Å². The van der Waals surface area contributed by atoms with Gasteiger partial charge in [0, 0.05) is 23.5 Å². The zero-order chi connectivity index (χ0) is 10.9. The lowest BCUT2D eigenvalue weighted by molar-refractivity contribution is 0.586. The van der Waals surface area contributed by atoms with Crippen molar-refractivity contribution in [3.63, 3.8) is 0 Å². The van der Waals surface area contributed by atoms with E-state index in [0.717, 1.165) is 16.8 Å². The summed E-state index contributed by atoms with van der Waals surface area (Å²) in [5, 5.41) is 6.73. The van der Waals surface area contributed by atoms with Crippen molar-refractivity contribution in [3.05, 3.63) is 30.5 Å². The second-order valence-electron chi connectivity index (χ2n) is 4.52. The lowest BCUT2D eigenvalue weighted by Crippen LogP contribution is -2.14. The second kappa shape index (κ2) is 3.46. The molecule has 4 nitrogen and oxygen atoms in total. The third-order valence-corrected chi connectivity index (χ3v) is 2.29. The molecule has 0 aliphatic heterocycles. The van der Waals surface area contributed by atoms with Crippen LogP contribution in [-0.2, 0) is 5.41 Å². The first-order valence-corrected chi connectivity index (χ1v) is 4.88. The topological polar surface area (TPSA) is 54.5 Å². The average molecular weight is 202 g/mol. The molecule has 0 atom stereocenters. The molecule has 15 heavy (non-hydrogen) atoms. The third kappa shape index (κ3) is 1.88. The monoisotopic (exact) mass is 202 g/mol. The van der Waals surface area contributed by atoms with Gasteiger partial charge in [0.05, 0.1) is 11.9 Å². The van der Waals surface area contributed by atoms with E-state index in [1.165, 1.54) is 0 Å². The molecule has 1 N–H and O–H groups in total. The van der Waals surface area contributed by atoms with Gasteiger partial charge in [-0.3, -0.25) is 5.10 Å². The molecule has 2 aromatic rings. The van der Waals surface area contributed by atoms with E-state index in [4.69, 9.17) is 0 Å². The summed E-state index contributed by atoms with van der Waals surface area (Å²) >= 11 is 0. The Morgan fingerprint density at radius 3 is 2.60 bits per heavy atom. The lowest BCUT2D eigenvalue weighted by atomic mass is 9.86. The van der Waals surface area contributed by atoms with E-state index in [2.05, 4.69) is 40.9 Å². The molecule has 78 valence electrons. The number of H-pyrrole nitrogens is 1. The molecule has 2 heterocycles. The Kier molecular flexibility index (Phi) is 2.26. The van der Waals surface area contributed by atoms with E-state index >= 15 is 0 Å². The van der Waals surface area contributed by atoms with Crippen LogP contribution in [0.4, 0.5) is 0 Å². The molecule has 0 spiro atoms. The van der Waals surface area contributed by atoms with E-state index < -0.39 is 0 Å². The van der Waals surface area contributed by atoms with Gasteiger partial charge in [0.25, 0.3) is 0 Å². The lowest BCUT2D eigenvalue weighted by Gasteiger charge is -2.20. The minimum Gasteiger partial charge on any atom is -0.285 e. The molecular weight excluding hydrogens is 188 g/mol. The average Bonchev–Trinajstić information content (AvgIpc) is 2.69. The molecule has 0 aliphatic rings. The first-order valence-electron chi connectivity index (χ1n) is 4.88. The molecule has 2 rings (SSSR count). The van der Waals surface area contributed by atoms with Crippen molar-refractivity contribution in [1.29, 1.82) is 0 Å². The van der Waals surface area contributed by atoms with Crippen molar-refractivity contribution < 1.29 is 0 Å². The fourth-order valence-corrected chi connectivity index (χ4v) is 1.49. The molecule has 0 saturated heterocycles. The first kappa shape index (κ1) is 9.83. The Labute approximate surface area is 88.8 Å². The van der Waals surface area contributed by atoms with E-state index in [9.17, 15) is 0 Å². The Hall–Kier alpha value is -1.71. The van der Waals surface area contributed by atoms with Crippen LogP contribution in [0.15, 0.2) is 24.9 Å². The third-order valence-electron chi connectivity index (χ3n) is 2.29. The molecule has 4 heteroatoms. The van der Waals surface area contributed by atoms with Crippen molar-refractivity contribution in [1.82, 2.24) is 20.2 Å². The molecule has 0 amide bonds. The summed E-state index contributed by atoms with van der Waals surface area (Å²) in [7, 11) is 0. The molecule has 0 aromatic carbocycles. The molecular formula is C11H14N4. The van der Waals surface area contributed by atoms with Crippen molar-refractivity contribution in [2.45, 2.75) is 26.2 Å². The number of nitrogens with one attached hydrogen (secondary N) is 1. The first-order chi connectivity index (χ1) is 7.09. The maximum atomic E-state index is 4.32. The quantitative estimate of drug-likeness (QED) is 0.771. The highest BCUT2D eigenvalue weighted by Gasteiger charge is 2.20. The standard InChI is InChI=1S/C11H14N4/c1-11(2,3)9-6-12-7-13-10(9)8-4-14-15-5-8/h4-7H,1-3H3,(H,14,15). The number of hydrogen-bond donors (Lipinski definition) is 1. The summed E-state index contributed by atoms with van der Waals surface area (Å²) < 4.78 is 0. The minimum absolute atomic E-state index is 0.0356. The number of hydrogen-bond acceptors (Lipinski definition) is 3. The Bertz CT molecular complexity index is 440. The van der Waals surface area contributed by atoms with Crippen molar-refractivity contribution >= 4 is 0 Å². The van der Waals surface area contributed by atoms with Crippen LogP contribution in [0.2, 0.25) is 0 Å². The van der Waals surface area contributed by atoms with Gasteiger partial charge in [-0.05, 0) is 5.41 Å². The summed E-state index contributed by atoms with van der Waals surface area (Å²) in [6.07, 6.45) is 7.06. The Balaban J connectivity index is 2.58. The molecule has 0 radical (unpaired) electrons. The SMILES string of the molecule is CC(C)(C)c1cncnc1-c1cn[nH]c1. The van der Waals surface area contributed by atoms with Crippen LogP contribution < -0.4 is 0 Å². The van der Waals surface area contributed by atoms with Crippen LogP contribution in [0, 0.1) is 0 Å². The van der Waals surface area contributed by atoms with Gasteiger partial charge in [-0.1, -0.05) is 20.8 Å². The predicted molar refractivity (Wildman–Crippen MR) is 58.3 cm³/mol. The maximum absolute atomic E-state index is 4.32. The van der Waals surface area contributed by atoms with Gasteiger partial charge < -0.3 is 0 Å². The Morgan fingerprint density at radius 2 is 2.00 bits per heavy atom. The zero-order valence-corrected chi connectivity index (χ0v) is 9.15. The van der Waals surface area contributed by atoms with Crippen LogP contribution in [0.25, 0.3) is 11.3 Å². The highest BCUT2D eigenvalue weighted by Crippen LogP contribution is 2.29. The highest BCUT2D eigenvalue weighted by molar-refractivity contribution is 5.61. The van der Waals surface area contributed by atoms with Gasteiger partial charge in [-0.2, -0.15) is 5.10 Å². The summed E-state index contributed by atoms with van der Waals surface area (Å²) in [5.41, 5.74) is 3.12. The van der Waals surface area contributed by atoms with Gasteiger partial charge in [0.1, 0.15) is 6.33 Å². The van der Waals surface area contributed by atoms with E-state index in [0.29, 0.717) is 0 Å². The fourth-order valence-electron chi connectivity index (χ4n) is 1.49. The molecule has 2 aromatic heterocycles. The molecule has 0 unspecified atom stereocenters. The minimum atomic E-state index is 0.0356. The molecule has 0 fully saturated rings. The maximum Gasteiger partial charge on any atom is 0.116 e. The van der Waals surface area contributed by atoms with E-state index in [1.807, 2.05) is 12.4 Å². The van der Waals surface area contributed by atoms with Gasteiger partial charge in [-0.25, -0.2) is 9.97 Å². The van der Waals surface area contributed by atoms with Crippen molar-refractivity contribution in [2.24, 2.45) is 0 Å². The number of rotatable bonds is 1. The van der Waals surface area contributed by atoms with Crippen LogP contribution in [0.5, 0.6) is 0 Å². The summed E-state index contributed by atoms with van der Waals surface area (Å²) in [4.78, 5) is 8.40. The molecule has 0 saturated carbocycles. The number of nitrogens with zero attached hydrogens (tertiary/aromatic N) is 3. The number of aromatic amines is 1. The largest absolute Gasteiger partial charge is 0.285 e. The zero-order valence-electron chi connectivity index (χ0n) is 9.15. The Morgan fingerprint density at radius 1 is 1.20 bits per heavy atom. The fraction of sp³-hybridized carbons (Fsp3) is 0.364. The summed E-state index contributed by atoms with van der Waals surface area (Å²) in [6.45, 7) is 6.44. The van der Waals surface area contributed by atoms with E-state index in [-0.39, 0.29) is 5.41 Å². The second-order valence-corrected chi connectivity index (χ2v) is 4.52. The smallest absolute Gasteiger partial charge is 0.116 e. The van der Waals surface area contributed by atoms with Gasteiger partial charge in [0.2, 0.25) is 0 Å². The highest BCUT2D eigenvalue weighted by atomic mass is 15.1. The number of aromatic nitrogens is 4. The van der Waals surface area contributed by atoms with Gasteiger partial charge in [-0.15, -0.1) is 0 Å². The molecule has 0 bridgehead atoms.